The Morgan fingerprint density at radius 1 is 1.60 bits per heavy atom. The van der Waals surface area contributed by atoms with Gasteiger partial charge in [-0.3, -0.25) is 0 Å². The van der Waals surface area contributed by atoms with Gasteiger partial charge in [0.2, 0.25) is 0 Å². The van der Waals surface area contributed by atoms with E-state index in [9.17, 15) is 0 Å². The summed E-state index contributed by atoms with van der Waals surface area (Å²) < 4.78 is 5.50. The normalized spacial score (nSPS) is 15.6. The summed E-state index contributed by atoms with van der Waals surface area (Å²) in [6.45, 7) is 6.55. The summed E-state index contributed by atoms with van der Waals surface area (Å²) in [5, 5.41) is 0. The molecule has 62 valence electrons. The highest BCUT2D eigenvalue weighted by molar-refractivity contribution is 6.75. The van der Waals surface area contributed by atoms with Gasteiger partial charge in [0.05, 0.1) is 0 Å². The molecule has 0 aliphatic carbocycles. The molecule has 0 spiro atoms. The molecule has 0 aromatic carbocycles. The van der Waals surface area contributed by atoms with E-state index in [-0.39, 0.29) is 0 Å². The number of hydrogen-bond donors (Lipinski definition) is 1. The second-order valence-corrected chi connectivity index (χ2v) is 8.78. The molecule has 10 heavy (non-hydrogen) atoms. The van der Waals surface area contributed by atoms with Gasteiger partial charge in [-0.05, 0) is 19.5 Å². The van der Waals surface area contributed by atoms with Gasteiger partial charge in [0, 0.05) is 5.67 Å². The van der Waals surface area contributed by atoms with Crippen molar-refractivity contribution in [3.05, 3.63) is 0 Å². The van der Waals surface area contributed by atoms with Crippen LogP contribution in [0.3, 0.4) is 0 Å². The third-order valence-corrected chi connectivity index (χ3v) is 8.30. The fourth-order valence-electron chi connectivity index (χ4n) is 0.810. The van der Waals surface area contributed by atoms with E-state index >= 15 is 0 Å². The highest BCUT2D eigenvalue weighted by Crippen LogP contribution is 2.10. The topological polar surface area (TPSA) is 35.2 Å². The van der Waals surface area contributed by atoms with Crippen LogP contribution in [0.25, 0.3) is 0 Å². The van der Waals surface area contributed by atoms with E-state index in [2.05, 4.69) is 20.0 Å². The summed E-state index contributed by atoms with van der Waals surface area (Å²) in [7, 11) is -0.628. The van der Waals surface area contributed by atoms with E-state index < -0.39 is 8.32 Å². The van der Waals surface area contributed by atoms with Crippen LogP contribution in [0.5, 0.6) is 0 Å². The second-order valence-electron chi connectivity index (χ2n) is 3.20. The van der Waals surface area contributed by atoms with E-state index in [4.69, 9.17) is 9.85 Å². The third-order valence-electron chi connectivity index (χ3n) is 2.02. The van der Waals surface area contributed by atoms with Crippen LogP contribution in [0.15, 0.2) is 0 Å². The van der Waals surface area contributed by atoms with Gasteiger partial charge < -0.3 is 9.85 Å². The molecule has 0 radical (unpaired) electrons. The van der Waals surface area contributed by atoms with Crippen LogP contribution in [-0.2, 0) is 4.12 Å². The van der Waals surface area contributed by atoms with Gasteiger partial charge in [0.1, 0.15) is 10.5 Å². The SMILES string of the molecule is CCCC(N)[Si](C)(C)O[SiH3]. The van der Waals surface area contributed by atoms with Crippen molar-refractivity contribution < 1.29 is 4.12 Å². The van der Waals surface area contributed by atoms with Gasteiger partial charge in [0.15, 0.2) is 8.32 Å². The van der Waals surface area contributed by atoms with E-state index in [0.29, 0.717) is 5.67 Å². The zero-order valence-electron chi connectivity index (χ0n) is 7.48. The number of rotatable bonds is 4. The first-order chi connectivity index (χ1) is 4.54. The van der Waals surface area contributed by atoms with Crippen molar-refractivity contribution in [2.24, 2.45) is 5.73 Å². The Labute approximate surface area is 67.8 Å². The van der Waals surface area contributed by atoms with Crippen LogP contribution >= 0.6 is 0 Å². The molecule has 0 aromatic rings. The third kappa shape index (κ3) is 2.96. The lowest BCUT2D eigenvalue weighted by molar-refractivity contribution is 0.558. The molecule has 1 atom stereocenters. The smallest absolute Gasteiger partial charge is 0.189 e. The standard InChI is InChI=1S/C6H19NOSi2/c1-4-5-6(7)10(2,3)8-9/h6H,4-5,7H2,1-3,9H3. The molecule has 0 saturated carbocycles. The minimum atomic E-state index is -1.46. The van der Waals surface area contributed by atoms with Crippen LogP contribution in [-0.4, -0.2) is 24.5 Å². The molecule has 0 fully saturated rings. The van der Waals surface area contributed by atoms with Crippen LogP contribution in [0.1, 0.15) is 19.8 Å². The summed E-state index contributed by atoms with van der Waals surface area (Å²) in [5.41, 5.74) is 6.26. The predicted octanol–water partition coefficient (Wildman–Crippen LogP) is 0.155. The van der Waals surface area contributed by atoms with Crippen molar-refractivity contribution >= 4 is 18.8 Å². The minimum Gasteiger partial charge on any atom is -0.463 e. The van der Waals surface area contributed by atoms with Gasteiger partial charge in [-0.15, -0.1) is 0 Å². The van der Waals surface area contributed by atoms with Crippen molar-refractivity contribution in [2.45, 2.75) is 38.5 Å². The second kappa shape index (κ2) is 4.28. The molecule has 4 heteroatoms. The Balaban J connectivity index is 3.78. The zero-order valence-corrected chi connectivity index (χ0v) is 10.5. The summed E-state index contributed by atoms with van der Waals surface area (Å²) in [6, 6.07) is 0. The van der Waals surface area contributed by atoms with Crippen molar-refractivity contribution in [2.75, 3.05) is 0 Å². The van der Waals surface area contributed by atoms with Gasteiger partial charge in [0.25, 0.3) is 0 Å². The molecule has 0 amide bonds. The maximum atomic E-state index is 5.93. The fraction of sp³-hybridized carbons (Fsp3) is 1.00. The molecule has 0 bridgehead atoms. The lowest BCUT2D eigenvalue weighted by Gasteiger charge is -2.27. The molecule has 0 rings (SSSR count). The van der Waals surface area contributed by atoms with Crippen LogP contribution in [0, 0.1) is 0 Å². The highest BCUT2D eigenvalue weighted by Gasteiger charge is 2.27. The van der Waals surface area contributed by atoms with Crippen LogP contribution < -0.4 is 5.73 Å². The van der Waals surface area contributed by atoms with E-state index in [1.165, 1.54) is 6.42 Å². The maximum absolute atomic E-state index is 5.93. The maximum Gasteiger partial charge on any atom is 0.189 e. The Hall–Kier alpha value is 0.354. The summed E-state index contributed by atoms with van der Waals surface area (Å²) >= 11 is 0. The molecule has 2 N–H and O–H groups in total. The number of nitrogens with two attached hydrogens (primary N) is 1. The quantitative estimate of drug-likeness (QED) is 0.621. The zero-order chi connectivity index (χ0) is 8.20. The Morgan fingerprint density at radius 2 is 2.10 bits per heavy atom. The summed E-state index contributed by atoms with van der Waals surface area (Å²) in [5.74, 6) is 0. The first kappa shape index (κ1) is 10.4. The van der Waals surface area contributed by atoms with Crippen molar-refractivity contribution in [1.82, 2.24) is 0 Å². The van der Waals surface area contributed by atoms with Crippen LogP contribution in [0.4, 0.5) is 0 Å². The Morgan fingerprint density at radius 3 is 2.40 bits per heavy atom. The largest absolute Gasteiger partial charge is 0.463 e. The molecule has 0 aromatic heterocycles. The molecule has 1 unspecified atom stereocenters. The van der Waals surface area contributed by atoms with Crippen molar-refractivity contribution in [3.63, 3.8) is 0 Å². The van der Waals surface area contributed by atoms with E-state index in [1.807, 2.05) is 0 Å². The first-order valence-corrected chi connectivity index (χ1v) is 7.65. The molecular formula is C6H19NOSi2. The molecule has 2 nitrogen and oxygen atoms in total. The summed E-state index contributed by atoms with van der Waals surface area (Å²) in [6.07, 6.45) is 2.28. The summed E-state index contributed by atoms with van der Waals surface area (Å²) in [4.78, 5) is 0. The number of hydrogen-bond acceptors (Lipinski definition) is 2. The van der Waals surface area contributed by atoms with Gasteiger partial charge >= 0.3 is 0 Å². The predicted molar refractivity (Wildman–Crippen MR) is 51.4 cm³/mol. The van der Waals surface area contributed by atoms with Crippen molar-refractivity contribution in [1.29, 1.82) is 0 Å². The average molecular weight is 177 g/mol. The van der Waals surface area contributed by atoms with Gasteiger partial charge in [-0.1, -0.05) is 13.3 Å². The minimum absolute atomic E-state index is 0.329. The van der Waals surface area contributed by atoms with Crippen molar-refractivity contribution in [3.8, 4) is 0 Å². The van der Waals surface area contributed by atoms with Gasteiger partial charge in [-0.25, -0.2) is 0 Å². The van der Waals surface area contributed by atoms with Gasteiger partial charge in [-0.2, -0.15) is 0 Å². The average Bonchev–Trinajstić information content (AvgIpc) is 1.89. The lowest BCUT2D eigenvalue weighted by atomic mass is 10.3. The Bertz CT molecular complexity index is 97.7. The molecule has 0 aliphatic rings. The molecule has 0 saturated heterocycles. The first-order valence-electron chi connectivity index (χ1n) is 3.85. The van der Waals surface area contributed by atoms with E-state index in [0.717, 1.165) is 16.9 Å². The Kier molecular flexibility index (Phi) is 4.43. The lowest BCUT2D eigenvalue weighted by Crippen LogP contribution is -2.49. The monoisotopic (exact) mass is 177 g/mol. The molecular weight excluding hydrogens is 158 g/mol. The fourth-order valence-corrected chi connectivity index (χ4v) is 3.00. The van der Waals surface area contributed by atoms with E-state index in [1.54, 1.807) is 0 Å². The van der Waals surface area contributed by atoms with Crippen LogP contribution in [0.2, 0.25) is 13.1 Å². The molecule has 0 aliphatic heterocycles. The molecule has 0 heterocycles. The highest BCUT2D eigenvalue weighted by atomic mass is 28.4.